The molecular weight excluding hydrogens is 512 g/mol. The van der Waals surface area contributed by atoms with Crippen LogP contribution in [0, 0.1) is 6.92 Å². The monoisotopic (exact) mass is 546 g/mol. The lowest BCUT2D eigenvalue weighted by molar-refractivity contribution is -0.117. The third-order valence-corrected chi connectivity index (χ3v) is 6.05. The number of carbonyl (C=O) groups excluding carboxylic acids is 2. The van der Waals surface area contributed by atoms with E-state index in [1.807, 2.05) is 31.2 Å². The van der Waals surface area contributed by atoms with Crippen molar-refractivity contribution in [3.63, 3.8) is 0 Å². The number of hydrogen-bond donors (Lipinski definition) is 3. The van der Waals surface area contributed by atoms with Crippen molar-refractivity contribution in [3.05, 3.63) is 82.9 Å². The molecule has 3 N–H and O–H groups in total. The topological polar surface area (TPSA) is 115 Å². The van der Waals surface area contributed by atoms with Crippen LogP contribution >= 0.6 is 0 Å². The molecule has 0 aliphatic carbocycles. The Balaban J connectivity index is 1.80. The number of amides is 2. The SMILES string of the molecule is COc1ccc(/C=C(/C(=O)NCCNC(=O)/C=C/c2ccccc2C)c2cc(OC)c(OC)c(OC)c2)cc1O. The van der Waals surface area contributed by atoms with Gasteiger partial charge >= 0.3 is 0 Å². The van der Waals surface area contributed by atoms with E-state index in [0.717, 1.165) is 11.1 Å². The van der Waals surface area contributed by atoms with Gasteiger partial charge < -0.3 is 34.7 Å². The molecule has 0 bridgehead atoms. The van der Waals surface area contributed by atoms with E-state index in [9.17, 15) is 14.7 Å². The largest absolute Gasteiger partial charge is 0.504 e. The number of ether oxygens (including phenoxy) is 4. The summed E-state index contributed by atoms with van der Waals surface area (Å²) in [5, 5.41) is 15.8. The molecule has 0 unspecified atom stereocenters. The molecule has 0 aliphatic rings. The Hall–Kier alpha value is -4.92. The molecule has 0 radical (unpaired) electrons. The van der Waals surface area contributed by atoms with E-state index in [4.69, 9.17) is 18.9 Å². The predicted molar refractivity (Wildman–Crippen MR) is 155 cm³/mol. The van der Waals surface area contributed by atoms with Gasteiger partial charge in [-0.05, 0) is 65.6 Å². The number of methoxy groups -OCH3 is 4. The second-order valence-electron chi connectivity index (χ2n) is 8.64. The molecule has 0 atom stereocenters. The van der Waals surface area contributed by atoms with Crippen LogP contribution in [0.2, 0.25) is 0 Å². The highest BCUT2D eigenvalue weighted by molar-refractivity contribution is 6.24. The van der Waals surface area contributed by atoms with Crippen LogP contribution in [-0.2, 0) is 9.59 Å². The zero-order chi connectivity index (χ0) is 29.1. The van der Waals surface area contributed by atoms with Crippen LogP contribution in [0.5, 0.6) is 28.7 Å². The molecular formula is C31H34N2O7. The molecule has 0 fully saturated rings. The first-order valence-corrected chi connectivity index (χ1v) is 12.5. The fourth-order valence-electron chi connectivity index (χ4n) is 3.94. The Kier molecular flexibility index (Phi) is 10.6. The van der Waals surface area contributed by atoms with E-state index in [0.29, 0.717) is 34.1 Å². The van der Waals surface area contributed by atoms with E-state index in [-0.39, 0.29) is 30.3 Å². The lowest BCUT2D eigenvalue weighted by atomic mass is 10.0. The summed E-state index contributed by atoms with van der Waals surface area (Å²) < 4.78 is 21.4. The van der Waals surface area contributed by atoms with Crippen LogP contribution in [0.4, 0.5) is 0 Å². The van der Waals surface area contributed by atoms with Gasteiger partial charge in [-0.1, -0.05) is 30.3 Å². The first-order valence-electron chi connectivity index (χ1n) is 12.5. The van der Waals surface area contributed by atoms with E-state index in [1.165, 1.54) is 40.6 Å². The molecule has 0 aliphatic heterocycles. The molecule has 0 heterocycles. The molecule has 210 valence electrons. The number of aryl methyl sites for hydroxylation is 1. The highest BCUT2D eigenvalue weighted by Gasteiger charge is 2.19. The molecule has 2 amide bonds. The number of hydrogen-bond acceptors (Lipinski definition) is 7. The van der Waals surface area contributed by atoms with Crippen molar-refractivity contribution in [3.8, 4) is 28.7 Å². The van der Waals surface area contributed by atoms with Gasteiger partial charge in [-0.3, -0.25) is 9.59 Å². The van der Waals surface area contributed by atoms with Gasteiger partial charge in [-0.15, -0.1) is 0 Å². The summed E-state index contributed by atoms with van der Waals surface area (Å²) in [7, 11) is 5.93. The van der Waals surface area contributed by atoms with Crippen molar-refractivity contribution in [2.45, 2.75) is 6.92 Å². The normalized spacial score (nSPS) is 11.2. The molecule has 0 saturated heterocycles. The minimum Gasteiger partial charge on any atom is -0.504 e. The Morgan fingerprint density at radius 2 is 1.48 bits per heavy atom. The van der Waals surface area contributed by atoms with Gasteiger partial charge in [0.25, 0.3) is 5.91 Å². The quantitative estimate of drug-likeness (QED) is 0.177. The summed E-state index contributed by atoms with van der Waals surface area (Å²) in [6, 6.07) is 15.9. The molecule has 3 aromatic rings. The lowest BCUT2D eigenvalue weighted by Gasteiger charge is -2.16. The van der Waals surface area contributed by atoms with Gasteiger partial charge in [0.1, 0.15) is 0 Å². The van der Waals surface area contributed by atoms with Crippen molar-refractivity contribution in [2.75, 3.05) is 41.5 Å². The van der Waals surface area contributed by atoms with Crippen molar-refractivity contribution >= 4 is 29.5 Å². The first-order chi connectivity index (χ1) is 19.3. The van der Waals surface area contributed by atoms with E-state index in [1.54, 1.807) is 36.4 Å². The summed E-state index contributed by atoms with van der Waals surface area (Å²) in [6.07, 6.45) is 4.83. The van der Waals surface area contributed by atoms with Crippen LogP contribution in [0.25, 0.3) is 17.7 Å². The van der Waals surface area contributed by atoms with Gasteiger partial charge in [-0.25, -0.2) is 0 Å². The summed E-state index contributed by atoms with van der Waals surface area (Å²) in [5.41, 5.74) is 3.35. The zero-order valence-corrected chi connectivity index (χ0v) is 23.2. The smallest absolute Gasteiger partial charge is 0.251 e. The number of aromatic hydroxyl groups is 1. The fourth-order valence-corrected chi connectivity index (χ4v) is 3.94. The Morgan fingerprint density at radius 1 is 0.825 bits per heavy atom. The van der Waals surface area contributed by atoms with Gasteiger partial charge in [0.15, 0.2) is 23.0 Å². The number of nitrogens with one attached hydrogen (secondary N) is 2. The number of rotatable bonds is 12. The average molecular weight is 547 g/mol. The van der Waals surface area contributed by atoms with Gasteiger partial charge in [-0.2, -0.15) is 0 Å². The summed E-state index contributed by atoms with van der Waals surface area (Å²) in [4.78, 5) is 25.7. The molecule has 0 saturated carbocycles. The molecule has 3 aromatic carbocycles. The minimum absolute atomic E-state index is 0.0673. The highest BCUT2D eigenvalue weighted by Crippen LogP contribution is 2.40. The number of benzene rings is 3. The minimum atomic E-state index is -0.408. The van der Waals surface area contributed by atoms with Crippen LogP contribution in [0.15, 0.2) is 60.7 Å². The number of phenolic OH excluding ortho intramolecular Hbond substituents is 1. The Labute approximate surface area is 234 Å². The van der Waals surface area contributed by atoms with Crippen molar-refractivity contribution in [1.29, 1.82) is 0 Å². The number of phenols is 1. The predicted octanol–water partition coefficient (Wildman–Crippen LogP) is 4.22. The maximum atomic E-state index is 13.4. The van der Waals surface area contributed by atoms with Gasteiger partial charge in [0, 0.05) is 24.7 Å². The lowest BCUT2D eigenvalue weighted by Crippen LogP contribution is -2.34. The maximum absolute atomic E-state index is 13.4. The highest BCUT2D eigenvalue weighted by atomic mass is 16.5. The Morgan fingerprint density at radius 3 is 2.08 bits per heavy atom. The molecule has 9 heteroatoms. The van der Waals surface area contributed by atoms with Crippen LogP contribution < -0.4 is 29.6 Å². The second-order valence-corrected chi connectivity index (χ2v) is 8.64. The Bertz CT molecular complexity index is 1390. The van der Waals surface area contributed by atoms with Crippen LogP contribution in [-0.4, -0.2) is 58.4 Å². The average Bonchev–Trinajstić information content (AvgIpc) is 2.96. The fraction of sp³-hybridized carbons (Fsp3) is 0.226. The van der Waals surface area contributed by atoms with Crippen molar-refractivity contribution in [2.24, 2.45) is 0 Å². The second kappa shape index (κ2) is 14.3. The van der Waals surface area contributed by atoms with E-state index in [2.05, 4.69) is 10.6 Å². The third-order valence-electron chi connectivity index (χ3n) is 6.05. The molecule has 0 aromatic heterocycles. The van der Waals surface area contributed by atoms with Gasteiger partial charge in [0.05, 0.1) is 28.4 Å². The van der Waals surface area contributed by atoms with E-state index < -0.39 is 5.91 Å². The molecule has 40 heavy (non-hydrogen) atoms. The van der Waals surface area contributed by atoms with E-state index >= 15 is 0 Å². The van der Waals surface area contributed by atoms with Crippen molar-refractivity contribution < 1.29 is 33.6 Å². The number of carbonyl (C=O) groups is 2. The third kappa shape index (κ3) is 7.57. The molecule has 9 nitrogen and oxygen atoms in total. The van der Waals surface area contributed by atoms with Crippen LogP contribution in [0.1, 0.15) is 22.3 Å². The van der Waals surface area contributed by atoms with Gasteiger partial charge in [0.2, 0.25) is 11.7 Å². The summed E-state index contributed by atoms with van der Waals surface area (Å²) >= 11 is 0. The maximum Gasteiger partial charge on any atom is 0.251 e. The molecule has 3 rings (SSSR count). The first kappa shape index (κ1) is 29.6. The van der Waals surface area contributed by atoms with Crippen molar-refractivity contribution in [1.82, 2.24) is 10.6 Å². The summed E-state index contributed by atoms with van der Waals surface area (Å²) in [5.74, 6) is 0.699. The standard InChI is InChI=1S/C31H34N2O7/c1-20-8-6-7-9-22(20)11-13-29(35)32-14-15-33-31(36)24(16-21-10-12-26(37-2)25(34)17-21)23-18-27(38-3)30(40-5)28(19-23)39-4/h6-13,16-19,34H,14-15H2,1-5H3,(H,32,35)(H,33,36)/b13-11+,24-16+. The molecule has 0 spiro atoms. The summed E-state index contributed by atoms with van der Waals surface area (Å²) in [6.45, 7) is 2.37. The zero-order valence-electron chi connectivity index (χ0n) is 23.2. The van der Waals surface area contributed by atoms with Crippen LogP contribution in [0.3, 0.4) is 0 Å².